The van der Waals surface area contributed by atoms with E-state index >= 15 is 0 Å². The van der Waals surface area contributed by atoms with E-state index in [2.05, 4.69) is 31.9 Å². The molecule has 3 amide bonds. The molecule has 3 rings (SSSR count). The number of rotatable bonds is 3. The Bertz CT molecular complexity index is 925. The minimum Gasteiger partial charge on any atom is -0.273 e. The van der Waals surface area contributed by atoms with Crippen LogP contribution in [0.4, 0.5) is 5.69 Å². The Morgan fingerprint density at radius 2 is 1.74 bits per heavy atom. The second-order valence-corrected chi connectivity index (χ2v) is 6.92. The van der Waals surface area contributed by atoms with Gasteiger partial charge in [-0.25, -0.2) is 5.01 Å². The van der Waals surface area contributed by atoms with E-state index in [1.54, 1.807) is 30.3 Å². The van der Waals surface area contributed by atoms with Crippen molar-refractivity contribution in [3.05, 3.63) is 64.1 Å². The van der Waals surface area contributed by atoms with Crippen molar-refractivity contribution in [2.45, 2.75) is 19.8 Å². The summed E-state index contributed by atoms with van der Waals surface area (Å²) in [7, 11) is 0. The minimum atomic E-state index is -0.550. The van der Waals surface area contributed by atoms with Gasteiger partial charge in [-0.05, 0) is 48.9 Å². The summed E-state index contributed by atoms with van der Waals surface area (Å²) in [4.78, 5) is 36.6. The number of hydrogen-bond donors (Lipinski definition) is 2. The molecule has 2 aromatic rings. The van der Waals surface area contributed by atoms with Crippen molar-refractivity contribution in [2.75, 3.05) is 5.01 Å². The molecule has 7 nitrogen and oxygen atoms in total. The number of carbonyl (C=O) groups is 3. The van der Waals surface area contributed by atoms with Crippen molar-refractivity contribution in [3.63, 3.8) is 0 Å². The largest absolute Gasteiger partial charge is 0.285 e. The lowest BCUT2D eigenvalue weighted by Crippen LogP contribution is -2.47. The first kappa shape index (κ1) is 18.8. The zero-order chi connectivity index (χ0) is 19.4. The summed E-state index contributed by atoms with van der Waals surface area (Å²) in [5, 5.41) is 5.39. The van der Waals surface area contributed by atoms with Crippen molar-refractivity contribution < 1.29 is 14.4 Å². The van der Waals surface area contributed by atoms with E-state index in [-0.39, 0.29) is 24.5 Å². The fourth-order valence-electron chi connectivity index (χ4n) is 2.54. The van der Waals surface area contributed by atoms with E-state index in [0.717, 1.165) is 10.0 Å². The van der Waals surface area contributed by atoms with Gasteiger partial charge >= 0.3 is 0 Å². The third-order valence-corrected chi connectivity index (χ3v) is 4.47. The molecule has 0 saturated heterocycles. The fraction of sp³-hybridized carbons (Fsp3) is 0.158. The Morgan fingerprint density at radius 1 is 1.04 bits per heavy atom. The van der Waals surface area contributed by atoms with Crippen LogP contribution in [0.1, 0.15) is 28.8 Å². The van der Waals surface area contributed by atoms with E-state index in [4.69, 9.17) is 0 Å². The fourth-order valence-corrected chi connectivity index (χ4v) is 2.80. The van der Waals surface area contributed by atoms with Crippen molar-refractivity contribution in [2.24, 2.45) is 5.10 Å². The summed E-state index contributed by atoms with van der Waals surface area (Å²) in [6, 6.07) is 14.0. The molecular formula is C19H17BrN4O3. The van der Waals surface area contributed by atoms with Crippen molar-refractivity contribution in [1.82, 2.24) is 10.9 Å². The molecule has 0 fully saturated rings. The summed E-state index contributed by atoms with van der Waals surface area (Å²) in [6.07, 6.45) is 0.377. The summed E-state index contributed by atoms with van der Waals surface area (Å²) in [5.74, 6) is -1.18. The Balaban J connectivity index is 1.68. The number of aryl methyl sites for hydroxylation is 1. The number of halogens is 1. The van der Waals surface area contributed by atoms with E-state index < -0.39 is 11.8 Å². The highest BCUT2D eigenvalue weighted by molar-refractivity contribution is 9.10. The molecule has 27 heavy (non-hydrogen) atoms. The maximum atomic E-state index is 12.3. The smallest absolute Gasteiger partial charge is 0.273 e. The molecule has 2 N–H and O–H groups in total. The topological polar surface area (TPSA) is 90.9 Å². The Hall–Kier alpha value is -3.00. The second-order valence-electron chi connectivity index (χ2n) is 6.01. The van der Waals surface area contributed by atoms with Crippen LogP contribution in [-0.2, 0) is 9.59 Å². The number of hydrazone groups is 1. The molecule has 1 aliphatic heterocycles. The Kier molecular flexibility index (Phi) is 5.66. The van der Waals surface area contributed by atoms with Crippen LogP contribution in [0.2, 0.25) is 0 Å². The first-order chi connectivity index (χ1) is 12.9. The van der Waals surface area contributed by atoms with E-state index in [0.29, 0.717) is 11.3 Å². The van der Waals surface area contributed by atoms with E-state index in [1.165, 1.54) is 5.01 Å². The van der Waals surface area contributed by atoms with E-state index in [1.807, 2.05) is 25.1 Å². The quantitative estimate of drug-likeness (QED) is 0.736. The molecular weight excluding hydrogens is 412 g/mol. The molecule has 138 valence electrons. The Labute approximate surface area is 164 Å². The molecule has 0 spiro atoms. The highest BCUT2D eigenvalue weighted by atomic mass is 79.9. The van der Waals surface area contributed by atoms with Gasteiger partial charge in [0, 0.05) is 22.9 Å². The predicted molar refractivity (Wildman–Crippen MR) is 105 cm³/mol. The first-order valence-electron chi connectivity index (χ1n) is 8.27. The maximum absolute atomic E-state index is 12.3. The number of nitrogens with zero attached hydrogens (tertiary/aromatic N) is 2. The zero-order valence-electron chi connectivity index (χ0n) is 14.5. The average molecular weight is 429 g/mol. The number of amides is 3. The third kappa shape index (κ3) is 4.59. The molecule has 1 aliphatic rings. The van der Waals surface area contributed by atoms with Gasteiger partial charge in [-0.2, -0.15) is 5.10 Å². The second kappa shape index (κ2) is 8.13. The van der Waals surface area contributed by atoms with Gasteiger partial charge in [0.15, 0.2) is 0 Å². The normalized spacial score (nSPS) is 13.8. The lowest BCUT2D eigenvalue weighted by molar-refractivity contribution is -0.119. The van der Waals surface area contributed by atoms with E-state index in [9.17, 15) is 14.4 Å². The lowest BCUT2D eigenvalue weighted by Gasteiger charge is -2.23. The number of hydrazine groups is 1. The maximum Gasteiger partial charge on any atom is 0.285 e. The van der Waals surface area contributed by atoms with Crippen LogP contribution in [0.25, 0.3) is 0 Å². The molecule has 0 bridgehead atoms. The molecule has 0 aliphatic carbocycles. The van der Waals surface area contributed by atoms with Gasteiger partial charge in [-0.3, -0.25) is 25.2 Å². The molecule has 0 radical (unpaired) electrons. The van der Waals surface area contributed by atoms with Gasteiger partial charge in [0.2, 0.25) is 5.91 Å². The minimum absolute atomic E-state index is 0.168. The Morgan fingerprint density at radius 3 is 2.44 bits per heavy atom. The summed E-state index contributed by atoms with van der Waals surface area (Å²) in [6.45, 7) is 1.91. The van der Waals surface area contributed by atoms with Crippen LogP contribution in [0, 0.1) is 6.92 Å². The highest BCUT2D eigenvalue weighted by Gasteiger charge is 2.26. The molecule has 0 aromatic heterocycles. The molecule has 8 heteroatoms. The lowest BCUT2D eigenvalue weighted by atomic mass is 10.1. The zero-order valence-corrected chi connectivity index (χ0v) is 16.1. The molecule has 0 saturated carbocycles. The number of anilines is 1. The van der Waals surface area contributed by atoms with Gasteiger partial charge < -0.3 is 0 Å². The molecule has 0 atom stereocenters. The SMILES string of the molecule is Cc1cccc(N2N=C(C(=O)NNC(=O)c3ccc(Br)cc3)CCC2=O)c1. The van der Waals surface area contributed by atoms with Gasteiger partial charge in [-0.15, -0.1) is 0 Å². The number of hydrogen-bond acceptors (Lipinski definition) is 4. The van der Waals surface area contributed by atoms with Crippen LogP contribution in [-0.4, -0.2) is 23.4 Å². The predicted octanol–water partition coefficient (Wildman–Crippen LogP) is 2.70. The van der Waals surface area contributed by atoms with Gasteiger partial charge in [0.25, 0.3) is 11.8 Å². The monoisotopic (exact) mass is 428 g/mol. The number of benzene rings is 2. The third-order valence-electron chi connectivity index (χ3n) is 3.94. The van der Waals surface area contributed by atoms with Gasteiger partial charge in [0.05, 0.1) is 5.69 Å². The van der Waals surface area contributed by atoms with Gasteiger partial charge in [-0.1, -0.05) is 28.1 Å². The van der Waals surface area contributed by atoms with Gasteiger partial charge in [0.1, 0.15) is 5.71 Å². The van der Waals surface area contributed by atoms with Crippen molar-refractivity contribution in [1.29, 1.82) is 0 Å². The van der Waals surface area contributed by atoms with Crippen LogP contribution < -0.4 is 15.9 Å². The summed E-state index contributed by atoms with van der Waals surface area (Å²) in [5.41, 5.74) is 6.85. The molecule has 0 unspecified atom stereocenters. The summed E-state index contributed by atoms with van der Waals surface area (Å²) < 4.78 is 0.848. The van der Waals surface area contributed by atoms with Crippen LogP contribution in [0.15, 0.2) is 58.1 Å². The van der Waals surface area contributed by atoms with Crippen molar-refractivity contribution >= 4 is 45.1 Å². The van der Waals surface area contributed by atoms with Crippen LogP contribution >= 0.6 is 15.9 Å². The standard InChI is InChI=1S/C19H17BrN4O3/c1-12-3-2-4-15(11-12)24-17(25)10-9-16(23-24)19(27)22-21-18(26)13-5-7-14(20)8-6-13/h2-8,11H,9-10H2,1H3,(H,21,26)(H,22,27). The highest BCUT2D eigenvalue weighted by Crippen LogP contribution is 2.21. The first-order valence-corrected chi connectivity index (χ1v) is 9.07. The molecule has 1 heterocycles. The number of nitrogens with one attached hydrogen (secondary N) is 2. The van der Waals surface area contributed by atoms with Crippen LogP contribution in [0.3, 0.4) is 0 Å². The number of carbonyl (C=O) groups excluding carboxylic acids is 3. The molecule has 2 aromatic carbocycles. The average Bonchev–Trinajstić information content (AvgIpc) is 2.66. The van der Waals surface area contributed by atoms with Crippen LogP contribution in [0.5, 0.6) is 0 Å². The summed E-state index contributed by atoms with van der Waals surface area (Å²) >= 11 is 3.29. The van der Waals surface area contributed by atoms with Crippen molar-refractivity contribution in [3.8, 4) is 0 Å².